The van der Waals surface area contributed by atoms with Crippen molar-refractivity contribution in [3.63, 3.8) is 0 Å². The number of hydrogen-bond donors (Lipinski definition) is 1. The summed E-state index contributed by atoms with van der Waals surface area (Å²) in [6.07, 6.45) is 5.11. The van der Waals surface area contributed by atoms with Gasteiger partial charge in [0, 0.05) is 41.6 Å². The average Bonchev–Trinajstić information content (AvgIpc) is 3.03. The van der Waals surface area contributed by atoms with Gasteiger partial charge in [0.15, 0.2) is 0 Å². The molecule has 2 aliphatic rings. The van der Waals surface area contributed by atoms with Crippen LogP contribution in [0, 0.1) is 0 Å². The Hall–Kier alpha value is -3.19. The minimum Gasteiger partial charge on any atom is -0.363 e. The summed E-state index contributed by atoms with van der Waals surface area (Å²) < 4.78 is 0. The number of carbonyl (C=O) groups excluding carboxylic acids is 1. The van der Waals surface area contributed by atoms with Crippen LogP contribution in [-0.4, -0.2) is 40.9 Å². The first-order valence-corrected chi connectivity index (χ1v) is 11.1. The van der Waals surface area contributed by atoms with E-state index in [2.05, 4.69) is 62.1 Å². The molecule has 1 aromatic carbocycles. The van der Waals surface area contributed by atoms with Crippen molar-refractivity contribution < 1.29 is 4.79 Å². The fourth-order valence-corrected chi connectivity index (χ4v) is 4.97. The van der Waals surface area contributed by atoms with Crippen LogP contribution in [0.3, 0.4) is 0 Å². The number of nitrogens with zero attached hydrogens (tertiary/aromatic N) is 5. The fourth-order valence-electron chi connectivity index (χ4n) is 4.73. The van der Waals surface area contributed by atoms with Crippen LogP contribution in [-0.2, 0) is 23.2 Å². The molecule has 7 nitrogen and oxygen atoms in total. The van der Waals surface area contributed by atoms with Gasteiger partial charge in [-0.2, -0.15) is 0 Å². The van der Waals surface area contributed by atoms with Crippen molar-refractivity contribution in [3.8, 4) is 0 Å². The number of benzene rings is 1. The molecule has 8 heteroatoms. The summed E-state index contributed by atoms with van der Waals surface area (Å²) in [5, 5.41) is 4.13. The van der Waals surface area contributed by atoms with Crippen molar-refractivity contribution in [1.29, 1.82) is 0 Å². The van der Waals surface area contributed by atoms with E-state index in [1.807, 2.05) is 12.1 Å². The van der Waals surface area contributed by atoms with Crippen molar-refractivity contribution in [2.75, 3.05) is 34.8 Å². The lowest BCUT2D eigenvalue weighted by Crippen LogP contribution is -2.32. The molecule has 0 radical (unpaired) electrons. The second kappa shape index (κ2) is 8.06. The second-order valence-electron chi connectivity index (χ2n) is 8.92. The third-order valence-corrected chi connectivity index (χ3v) is 6.55. The highest BCUT2D eigenvalue weighted by molar-refractivity contribution is 6.32. The summed E-state index contributed by atoms with van der Waals surface area (Å²) in [6, 6.07) is 10.0. The predicted molar refractivity (Wildman–Crippen MR) is 127 cm³/mol. The van der Waals surface area contributed by atoms with E-state index in [0.29, 0.717) is 18.1 Å². The largest absolute Gasteiger partial charge is 0.363 e. The molecule has 2 aliphatic heterocycles. The Kier molecular flexibility index (Phi) is 5.21. The number of aromatic nitrogens is 3. The lowest BCUT2D eigenvalue weighted by Gasteiger charge is -2.30. The minimum absolute atomic E-state index is 0.0150. The molecule has 3 aromatic rings. The third kappa shape index (κ3) is 3.66. The van der Waals surface area contributed by atoms with E-state index in [-0.39, 0.29) is 5.41 Å². The van der Waals surface area contributed by atoms with Gasteiger partial charge in [0.05, 0.1) is 23.8 Å². The third-order valence-electron chi connectivity index (χ3n) is 6.26. The fraction of sp³-hybridized carbons (Fsp3) is 0.333. The maximum atomic E-state index is 11.2. The minimum atomic E-state index is 0.0150. The van der Waals surface area contributed by atoms with Crippen molar-refractivity contribution in [3.05, 3.63) is 64.7 Å². The van der Waals surface area contributed by atoms with Crippen molar-refractivity contribution >= 4 is 40.9 Å². The van der Waals surface area contributed by atoms with Crippen LogP contribution in [0.2, 0.25) is 5.02 Å². The summed E-state index contributed by atoms with van der Waals surface area (Å²) in [6.45, 7) is 7.08. The molecule has 0 saturated carbocycles. The van der Waals surface area contributed by atoms with Gasteiger partial charge in [-0.25, -0.2) is 15.0 Å². The number of fused-ring (bicyclic) bond motifs is 2. The van der Waals surface area contributed by atoms with Crippen LogP contribution in [0.15, 0.2) is 42.9 Å². The van der Waals surface area contributed by atoms with Crippen molar-refractivity contribution in [2.45, 2.75) is 32.2 Å². The smallest absolute Gasteiger partial charge is 0.147 e. The summed E-state index contributed by atoms with van der Waals surface area (Å²) in [5.41, 5.74) is 5.42. The van der Waals surface area contributed by atoms with Gasteiger partial charge in [-0.1, -0.05) is 31.5 Å². The van der Waals surface area contributed by atoms with Gasteiger partial charge < -0.3 is 19.9 Å². The van der Waals surface area contributed by atoms with E-state index in [1.54, 1.807) is 12.5 Å². The molecule has 4 heterocycles. The van der Waals surface area contributed by atoms with Gasteiger partial charge >= 0.3 is 0 Å². The van der Waals surface area contributed by atoms with E-state index in [1.165, 1.54) is 5.56 Å². The zero-order chi connectivity index (χ0) is 22.3. The Labute approximate surface area is 192 Å². The molecule has 0 atom stereocenters. The average molecular weight is 449 g/mol. The standard InChI is InChI=1S/C24H25ClN6O/c1-24(2)14-31(10-11-32)21-12-16(5-6-18(21)24)29-22-17-7-9-30(13-20(17)27-15-28-22)23-19(25)4-3-8-26-23/h3-6,8,11-12,15H,7,9-10,13-14H2,1-2H3,(H,27,28,29). The summed E-state index contributed by atoms with van der Waals surface area (Å²) in [5.74, 6) is 1.60. The second-order valence-corrected chi connectivity index (χ2v) is 9.32. The number of aldehydes is 1. The zero-order valence-corrected chi connectivity index (χ0v) is 18.9. The number of anilines is 4. The lowest BCUT2D eigenvalue weighted by atomic mass is 9.87. The number of pyridine rings is 1. The molecule has 0 spiro atoms. The Morgan fingerprint density at radius 2 is 2.09 bits per heavy atom. The molecular weight excluding hydrogens is 424 g/mol. The Balaban J connectivity index is 1.42. The van der Waals surface area contributed by atoms with E-state index in [4.69, 9.17) is 11.6 Å². The summed E-state index contributed by atoms with van der Waals surface area (Å²) in [7, 11) is 0. The van der Waals surface area contributed by atoms with E-state index >= 15 is 0 Å². The summed E-state index contributed by atoms with van der Waals surface area (Å²) in [4.78, 5) is 29.0. The highest BCUT2D eigenvalue weighted by atomic mass is 35.5. The molecule has 0 bridgehead atoms. The van der Waals surface area contributed by atoms with E-state index in [0.717, 1.165) is 60.1 Å². The monoisotopic (exact) mass is 448 g/mol. The van der Waals surface area contributed by atoms with Crippen LogP contribution in [0.1, 0.15) is 30.7 Å². The first-order chi connectivity index (χ1) is 15.5. The highest BCUT2D eigenvalue weighted by Crippen LogP contribution is 2.42. The number of halogens is 1. The summed E-state index contributed by atoms with van der Waals surface area (Å²) >= 11 is 6.35. The van der Waals surface area contributed by atoms with Crippen LogP contribution in [0.25, 0.3) is 0 Å². The van der Waals surface area contributed by atoms with Gasteiger partial charge in [-0.3, -0.25) is 0 Å². The number of carbonyl (C=O) groups is 1. The maximum absolute atomic E-state index is 11.2. The molecular formula is C24H25ClN6O. The van der Waals surface area contributed by atoms with Gasteiger partial charge in [0.1, 0.15) is 24.2 Å². The Morgan fingerprint density at radius 1 is 1.22 bits per heavy atom. The Morgan fingerprint density at radius 3 is 2.91 bits per heavy atom. The maximum Gasteiger partial charge on any atom is 0.147 e. The number of nitrogens with one attached hydrogen (secondary N) is 1. The number of rotatable bonds is 5. The van der Waals surface area contributed by atoms with Crippen LogP contribution in [0.4, 0.5) is 23.0 Å². The molecule has 2 aromatic heterocycles. The zero-order valence-electron chi connectivity index (χ0n) is 18.2. The molecule has 164 valence electrons. The van der Waals surface area contributed by atoms with E-state index < -0.39 is 0 Å². The van der Waals surface area contributed by atoms with Gasteiger partial charge in [0.2, 0.25) is 0 Å². The predicted octanol–water partition coefficient (Wildman–Crippen LogP) is 4.13. The SMILES string of the molecule is CC1(C)CN(CC=O)c2cc(Nc3ncnc4c3CCN(c3ncccc3Cl)C4)ccc21. The molecule has 1 N–H and O–H groups in total. The first-order valence-electron chi connectivity index (χ1n) is 10.7. The highest BCUT2D eigenvalue weighted by Gasteiger charge is 2.35. The number of hydrogen-bond acceptors (Lipinski definition) is 7. The molecule has 32 heavy (non-hydrogen) atoms. The van der Waals surface area contributed by atoms with Crippen molar-refractivity contribution in [1.82, 2.24) is 15.0 Å². The molecule has 0 amide bonds. The van der Waals surface area contributed by atoms with Crippen LogP contribution >= 0.6 is 11.6 Å². The molecule has 0 aliphatic carbocycles. The van der Waals surface area contributed by atoms with Crippen molar-refractivity contribution in [2.24, 2.45) is 0 Å². The molecule has 0 fully saturated rings. The quantitative estimate of drug-likeness (QED) is 0.588. The van der Waals surface area contributed by atoms with Gasteiger partial charge in [-0.05, 0) is 36.2 Å². The molecule has 0 saturated heterocycles. The lowest BCUT2D eigenvalue weighted by molar-refractivity contribution is -0.106. The van der Waals surface area contributed by atoms with Crippen LogP contribution < -0.4 is 15.1 Å². The van der Waals surface area contributed by atoms with E-state index in [9.17, 15) is 4.79 Å². The molecule has 0 unspecified atom stereocenters. The topological polar surface area (TPSA) is 74.2 Å². The normalized spacial score (nSPS) is 16.5. The van der Waals surface area contributed by atoms with Gasteiger partial charge in [0.25, 0.3) is 0 Å². The first kappa shape index (κ1) is 20.7. The Bertz CT molecular complexity index is 1180. The van der Waals surface area contributed by atoms with Gasteiger partial charge in [-0.15, -0.1) is 0 Å². The molecule has 5 rings (SSSR count). The van der Waals surface area contributed by atoms with Crippen LogP contribution in [0.5, 0.6) is 0 Å².